The molecule has 0 unspecified atom stereocenters. The minimum absolute atomic E-state index is 0.0928. The van der Waals surface area contributed by atoms with Gasteiger partial charge in [0.05, 0.1) is 4.92 Å². The first-order valence-corrected chi connectivity index (χ1v) is 4.91. The van der Waals surface area contributed by atoms with Gasteiger partial charge in [-0.3, -0.25) is 10.1 Å². The number of nitrogens with zero attached hydrogens (tertiary/aromatic N) is 4. The molecule has 1 aromatic heterocycles. The molecule has 0 bridgehead atoms. The van der Waals surface area contributed by atoms with Gasteiger partial charge in [-0.2, -0.15) is 0 Å². The average molecular weight is 216 g/mol. The van der Waals surface area contributed by atoms with E-state index in [4.69, 9.17) is 0 Å². The van der Waals surface area contributed by atoms with Gasteiger partial charge in [-0.25, -0.2) is 0 Å². The van der Waals surface area contributed by atoms with E-state index < -0.39 is 4.92 Å². The predicted molar refractivity (Wildman–Crippen MR) is 55.8 cm³/mol. The Morgan fingerprint density at radius 1 is 1.44 bits per heavy atom. The molecule has 2 aromatic rings. The molecule has 0 amide bonds. The second-order valence-electron chi connectivity index (χ2n) is 3.70. The number of hydrogen-bond donors (Lipinski definition) is 0. The van der Waals surface area contributed by atoms with E-state index in [0.717, 1.165) is 24.1 Å². The molecule has 16 heavy (non-hydrogen) atoms. The monoisotopic (exact) mass is 216 g/mol. The smallest absolute Gasteiger partial charge is 0.270 e. The van der Waals surface area contributed by atoms with Gasteiger partial charge in [0.25, 0.3) is 5.69 Å². The van der Waals surface area contributed by atoms with Crippen molar-refractivity contribution < 1.29 is 4.92 Å². The van der Waals surface area contributed by atoms with Gasteiger partial charge >= 0.3 is 0 Å². The molecular weight excluding hydrogens is 208 g/mol. The second-order valence-corrected chi connectivity index (χ2v) is 3.70. The van der Waals surface area contributed by atoms with Crippen LogP contribution in [0.15, 0.2) is 24.5 Å². The lowest BCUT2D eigenvalue weighted by molar-refractivity contribution is -0.384. The number of nitro benzene ring substituents is 1. The van der Waals surface area contributed by atoms with Crippen LogP contribution in [0.3, 0.4) is 0 Å². The first-order valence-electron chi connectivity index (χ1n) is 4.91. The third-order valence-electron chi connectivity index (χ3n) is 2.78. The highest BCUT2D eigenvalue weighted by atomic mass is 16.6. The van der Waals surface area contributed by atoms with Crippen LogP contribution in [-0.4, -0.2) is 19.7 Å². The quantitative estimate of drug-likeness (QED) is 0.533. The van der Waals surface area contributed by atoms with Gasteiger partial charge in [0.1, 0.15) is 6.33 Å². The summed E-state index contributed by atoms with van der Waals surface area (Å²) in [5.74, 6) is 0.713. The van der Waals surface area contributed by atoms with Crippen LogP contribution in [0.2, 0.25) is 0 Å². The molecule has 2 heterocycles. The number of benzene rings is 1. The van der Waals surface area contributed by atoms with Crippen molar-refractivity contribution in [3.05, 3.63) is 40.2 Å². The Kier molecular flexibility index (Phi) is 1.76. The van der Waals surface area contributed by atoms with Crippen LogP contribution in [0.1, 0.15) is 5.56 Å². The molecule has 6 heteroatoms. The van der Waals surface area contributed by atoms with Gasteiger partial charge in [0.2, 0.25) is 0 Å². The fourth-order valence-corrected chi connectivity index (χ4v) is 1.97. The third-order valence-corrected chi connectivity index (χ3v) is 2.78. The molecule has 80 valence electrons. The van der Waals surface area contributed by atoms with Gasteiger partial charge in [-0.15, -0.1) is 10.2 Å². The first-order chi connectivity index (χ1) is 7.75. The number of rotatable bonds is 1. The van der Waals surface area contributed by atoms with E-state index in [0.29, 0.717) is 5.82 Å². The summed E-state index contributed by atoms with van der Waals surface area (Å²) in [5, 5.41) is 18.5. The zero-order chi connectivity index (χ0) is 11.1. The summed E-state index contributed by atoms with van der Waals surface area (Å²) >= 11 is 0. The van der Waals surface area contributed by atoms with Gasteiger partial charge in [-0.1, -0.05) is 6.07 Å². The predicted octanol–water partition coefficient (Wildman–Crippen LogP) is 1.41. The van der Waals surface area contributed by atoms with Crippen molar-refractivity contribution in [2.75, 3.05) is 0 Å². The van der Waals surface area contributed by atoms with Crippen LogP contribution in [0.4, 0.5) is 5.69 Å². The summed E-state index contributed by atoms with van der Waals surface area (Å²) in [6, 6.07) is 4.89. The molecule has 1 aromatic carbocycles. The van der Waals surface area contributed by atoms with Crippen molar-refractivity contribution in [1.29, 1.82) is 0 Å². The normalized spacial score (nSPS) is 13.0. The molecule has 3 rings (SSSR count). The molecule has 0 saturated heterocycles. The van der Waals surface area contributed by atoms with Crippen molar-refractivity contribution in [1.82, 2.24) is 14.8 Å². The number of fused-ring (bicyclic) bond motifs is 3. The van der Waals surface area contributed by atoms with Gasteiger partial charge in [0, 0.05) is 24.2 Å². The van der Waals surface area contributed by atoms with Crippen LogP contribution in [-0.2, 0) is 13.0 Å². The minimum Gasteiger partial charge on any atom is -0.313 e. The van der Waals surface area contributed by atoms with E-state index in [1.54, 1.807) is 18.5 Å². The molecule has 0 fully saturated rings. The summed E-state index contributed by atoms with van der Waals surface area (Å²) in [5.41, 5.74) is 2.00. The fraction of sp³-hybridized carbons (Fsp3) is 0.200. The molecule has 0 spiro atoms. The number of non-ortho nitro benzene ring substituents is 1. The zero-order valence-corrected chi connectivity index (χ0v) is 8.33. The standard InChI is InChI=1S/C10H8N4O2/c15-14(16)8-2-1-7-3-4-13-6-11-12-10(13)9(7)5-8/h1-2,5-6H,3-4H2. The van der Waals surface area contributed by atoms with E-state index in [1.807, 2.05) is 4.57 Å². The molecule has 0 atom stereocenters. The molecule has 6 nitrogen and oxygen atoms in total. The molecule has 0 N–H and O–H groups in total. The van der Waals surface area contributed by atoms with Gasteiger partial charge in [-0.05, 0) is 12.0 Å². The zero-order valence-electron chi connectivity index (χ0n) is 8.33. The largest absolute Gasteiger partial charge is 0.313 e. The maximum Gasteiger partial charge on any atom is 0.270 e. The van der Waals surface area contributed by atoms with Crippen molar-refractivity contribution in [2.45, 2.75) is 13.0 Å². The number of aryl methyl sites for hydroxylation is 2. The molecule has 0 aliphatic carbocycles. The van der Waals surface area contributed by atoms with Crippen molar-refractivity contribution in [3.63, 3.8) is 0 Å². The number of hydrogen-bond acceptors (Lipinski definition) is 4. The Hall–Kier alpha value is -2.24. The summed E-state index contributed by atoms with van der Waals surface area (Å²) < 4.78 is 1.91. The lowest BCUT2D eigenvalue weighted by atomic mass is 10.00. The van der Waals surface area contributed by atoms with Crippen LogP contribution < -0.4 is 0 Å². The van der Waals surface area contributed by atoms with Crippen LogP contribution in [0.5, 0.6) is 0 Å². The van der Waals surface area contributed by atoms with Crippen LogP contribution in [0, 0.1) is 10.1 Å². The Bertz CT molecular complexity index is 576. The van der Waals surface area contributed by atoms with E-state index in [1.165, 1.54) is 6.07 Å². The summed E-state index contributed by atoms with van der Waals surface area (Å²) in [7, 11) is 0. The van der Waals surface area contributed by atoms with Crippen LogP contribution >= 0.6 is 0 Å². The molecule has 0 radical (unpaired) electrons. The Morgan fingerprint density at radius 3 is 3.12 bits per heavy atom. The SMILES string of the molecule is O=[N+]([O-])c1ccc2c(c1)-c1nncn1CC2. The maximum absolute atomic E-state index is 10.7. The lowest BCUT2D eigenvalue weighted by Crippen LogP contribution is -2.10. The van der Waals surface area contributed by atoms with E-state index in [2.05, 4.69) is 10.2 Å². The summed E-state index contributed by atoms with van der Waals surface area (Å²) in [6.45, 7) is 0.827. The number of aromatic nitrogens is 3. The molecule has 1 aliphatic rings. The average Bonchev–Trinajstić information content (AvgIpc) is 2.76. The van der Waals surface area contributed by atoms with Gasteiger partial charge in [0.15, 0.2) is 5.82 Å². The first kappa shape index (κ1) is 9.02. The van der Waals surface area contributed by atoms with Crippen molar-refractivity contribution >= 4 is 5.69 Å². The van der Waals surface area contributed by atoms with E-state index >= 15 is 0 Å². The highest BCUT2D eigenvalue weighted by molar-refractivity contribution is 5.65. The number of nitro groups is 1. The maximum atomic E-state index is 10.7. The fourth-order valence-electron chi connectivity index (χ4n) is 1.97. The third kappa shape index (κ3) is 1.19. The Balaban J connectivity index is 2.22. The second kappa shape index (κ2) is 3.13. The summed E-state index contributed by atoms with van der Waals surface area (Å²) in [4.78, 5) is 10.3. The molecule has 0 saturated carbocycles. The Labute approximate surface area is 90.7 Å². The van der Waals surface area contributed by atoms with E-state index in [9.17, 15) is 10.1 Å². The lowest BCUT2D eigenvalue weighted by Gasteiger charge is -2.16. The topological polar surface area (TPSA) is 73.8 Å². The van der Waals surface area contributed by atoms with Crippen molar-refractivity contribution in [2.24, 2.45) is 0 Å². The molecular formula is C10H8N4O2. The minimum atomic E-state index is -0.393. The van der Waals surface area contributed by atoms with Gasteiger partial charge < -0.3 is 4.57 Å². The molecule has 1 aliphatic heterocycles. The van der Waals surface area contributed by atoms with Crippen molar-refractivity contribution in [3.8, 4) is 11.4 Å². The Morgan fingerprint density at radius 2 is 2.31 bits per heavy atom. The summed E-state index contributed by atoms with van der Waals surface area (Å²) in [6.07, 6.45) is 2.51. The van der Waals surface area contributed by atoms with E-state index in [-0.39, 0.29) is 5.69 Å². The van der Waals surface area contributed by atoms with Crippen LogP contribution in [0.25, 0.3) is 11.4 Å². The highest BCUT2D eigenvalue weighted by Gasteiger charge is 2.20. The highest BCUT2D eigenvalue weighted by Crippen LogP contribution is 2.30.